The minimum atomic E-state index is -0.480. The molecule has 0 spiro atoms. The topological polar surface area (TPSA) is 81.7 Å². The molecule has 180 valence electrons. The third-order valence-corrected chi connectivity index (χ3v) is 7.20. The molecule has 2 aliphatic heterocycles. The summed E-state index contributed by atoms with van der Waals surface area (Å²) in [6, 6.07) is 3.24. The number of nitrogens with zero attached hydrogens (tertiary/aromatic N) is 1. The molecule has 0 aliphatic carbocycles. The van der Waals surface area contributed by atoms with Crippen LogP contribution in [0.1, 0.15) is 70.9 Å². The average molecular weight is 454 g/mol. The molecule has 1 aromatic carbocycles. The Hall–Kier alpha value is -2.60. The van der Waals surface area contributed by atoms with Gasteiger partial charge in [-0.1, -0.05) is 44.6 Å². The van der Waals surface area contributed by atoms with Crippen LogP contribution < -0.4 is 15.5 Å². The van der Waals surface area contributed by atoms with Crippen LogP contribution >= 0.6 is 0 Å². The van der Waals surface area contributed by atoms with Gasteiger partial charge in [-0.3, -0.25) is 9.59 Å². The molecule has 2 heterocycles. The average Bonchev–Trinajstić information content (AvgIpc) is 3.08. The lowest BCUT2D eigenvalue weighted by Crippen LogP contribution is -2.51. The fraction of sp³-hybridized carbons (Fsp3) is 0.556. The number of carbonyl (C=O) groups excluding carboxylic acids is 2. The lowest BCUT2D eigenvalue weighted by atomic mass is 9.76. The van der Waals surface area contributed by atoms with Crippen molar-refractivity contribution in [2.45, 2.75) is 77.3 Å². The smallest absolute Gasteiger partial charge is 0.243 e. The molecule has 0 fully saturated rings. The number of benzene rings is 1. The number of aliphatic hydroxyl groups excluding tert-OH is 1. The molecule has 0 bridgehead atoms. The summed E-state index contributed by atoms with van der Waals surface area (Å²) in [7, 11) is 1.92. The lowest BCUT2D eigenvalue weighted by Gasteiger charge is -2.34. The van der Waals surface area contributed by atoms with E-state index >= 15 is 0 Å². The summed E-state index contributed by atoms with van der Waals surface area (Å²) in [6.07, 6.45) is 6.35. The van der Waals surface area contributed by atoms with Crippen LogP contribution in [-0.4, -0.2) is 42.7 Å². The van der Waals surface area contributed by atoms with Crippen molar-refractivity contribution in [3.8, 4) is 0 Å². The van der Waals surface area contributed by atoms with Crippen molar-refractivity contribution in [2.75, 3.05) is 23.9 Å². The van der Waals surface area contributed by atoms with Gasteiger partial charge in [0, 0.05) is 23.7 Å². The van der Waals surface area contributed by atoms with Crippen LogP contribution in [-0.2, 0) is 15.0 Å². The second-order valence-electron chi connectivity index (χ2n) is 10.3. The number of hydrogen-bond donors (Lipinski definition) is 3. The summed E-state index contributed by atoms with van der Waals surface area (Å²) in [6.45, 7) is 14.3. The Kier molecular flexibility index (Phi) is 7.37. The Labute approximate surface area is 198 Å². The van der Waals surface area contributed by atoms with Gasteiger partial charge in [0.1, 0.15) is 6.04 Å². The lowest BCUT2D eigenvalue weighted by molar-refractivity contribution is -0.124. The summed E-state index contributed by atoms with van der Waals surface area (Å²) in [5.41, 5.74) is 4.65. The van der Waals surface area contributed by atoms with Gasteiger partial charge < -0.3 is 20.6 Å². The zero-order valence-corrected chi connectivity index (χ0v) is 20.9. The second kappa shape index (κ2) is 9.72. The number of aliphatic hydroxyl groups is 1. The minimum absolute atomic E-state index is 0.0498. The van der Waals surface area contributed by atoms with E-state index in [2.05, 4.69) is 50.1 Å². The molecular weight excluding hydrogens is 414 g/mol. The molecule has 6 nitrogen and oxygen atoms in total. The van der Waals surface area contributed by atoms with E-state index in [-0.39, 0.29) is 29.8 Å². The Balaban J connectivity index is 2.19. The monoisotopic (exact) mass is 453 g/mol. The van der Waals surface area contributed by atoms with Crippen molar-refractivity contribution in [1.82, 2.24) is 5.32 Å². The van der Waals surface area contributed by atoms with Gasteiger partial charge in [0.05, 0.1) is 24.3 Å². The van der Waals surface area contributed by atoms with Crippen LogP contribution in [0.15, 0.2) is 36.4 Å². The van der Waals surface area contributed by atoms with Crippen LogP contribution in [0.4, 0.5) is 11.4 Å². The van der Waals surface area contributed by atoms with Gasteiger partial charge in [0.15, 0.2) is 0 Å². The van der Waals surface area contributed by atoms with E-state index in [0.717, 1.165) is 35.3 Å². The molecule has 6 heteroatoms. The van der Waals surface area contributed by atoms with Crippen molar-refractivity contribution in [3.05, 3.63) is 47.6 Å². The van der Waals surface area contributed by atoms with Crippen molar-refractivity contribution in [2.24, 2.45) is 5.92 Å². The molecule has 1 aromatic rings. The number of hydrogen-bond acceptors (Lipinski definition) is 4. The predicted molar refractivity (Wildman–Crippen MR) is 135 cm³/mol. The van der Waals surface area contributed by atoms with Gasteiger partial charge in [-0.2, -0.15) is 0 Å². The summed E-state index contributed by atoms with van der Waals surface area (Å²) in [4.78, 5) is 28.3. The van der Waals surface area contributed by atoms with E-state index in [9.17, 15) is 14.7 Å². The largest absolute Gasteiger partial charge is 0.394 e. The van der Waals surface area contributed by atoms with E-state index in [1.165, 1.54) is 5.57 Å². The maximum absolute atomic E-state index is 13.2. The summed E-state index contributed by atoms with van der Waals surface area (Å²) in [5, 5.41) is 16.1. The number of carbonyl (C=O) groups is 2. The van der Waals surface area contributed by atoms with E-state index in [4.69, 9.17) is 0 Å². The minimum Gasteiger partial charge on any atom is -0.394 e. The van der Waals surface area contributed by atoms with Gasteiger partial charge in [-0.25, -0.2) is 0 Å². The van der Waals surface area contributed by atoms with E-state index in [0.29, 0.717) is 6.42 Å². The highest BCUT2D eigenvalue weighted by Gasteiger charge is 2.42. The first-order valence-electron chi connectivity index (χ1n) is 11.9. The number of amides is 2. The normalized spacial score (nSPS) is 24.1. The molecule has 2 amide bonds. The van der Waals surface area contributed by atoms with Gasteiger partial charge >= 0.3 is 0 Å². The zero-order valence-electron chi connectivity index (χ0n) is 20.9. The van der Waals surface area contributed by atoms with Crippen molar-refractivity contribution < 1.29 is 14.7 Å². The number of anilines is 2. The van der Waals surface area contributed by atoms with Gasteiger partial charge in [0.2, 0.25) is 11.8 Å². The number of likely N-dealkylation sites (N-methyl/N-ethyl adjacent to an activating group) is 1. The first-order chi connectivity index (χ1) is 15.5. The van der Waals surface area contributed by atoms with Gasteiger partial charge in [0.25, 0.3) is 0 Å². The van der Waals surface area contributed by atoms with E-state index < -0.39 is 18.0 Å². The first-order valence-corrected chi connectivity index (χ1v) is 11.9. The Morgan fingerprint density at radius 1 is 1.30 bits per heavy atom. The van der Waals surface area contributed by atoms with Crippen LogP contribution in [0.25, 0.3) is 0 Å². The molecule has 4 atom stereocenters. The Morgan fingerprint density at radius 3 is 2.58 bits per heavy atom. The molecule has 1 unspecified atom stereocenters. The van der Waals surface area contributed by atoms with Gasteiger partial charge in [-0.05, 0) is 50.7 Å². The van der Waals surface area contributed by atoms with Crippen molar-refractivity contribution >= 4 is 23.2 Å². The fourth-order valence-electron chi connectivity index (χ4n) is 5.28. The standard InChI is InChI=1S/C27H39N3O3/c1-8-27(6,13-9-10-16(2)3)20-11-12-21-22-19(25(32)29-23(20)22)14-18(15-31)28-26(33)24(17(4)5)30(21)7/h8,10-12,17-19,24,31H,1,9,13-15H2,2-7H3,(H,28,33)(H,29,32)/t18-,19+,24-,27?/m0/s1. The number of nitrogens with one attached hydrogen (secondary N) is 2. The molecule has 0 radical (unpaired) electrons. The summed E-state index contributed by atoms with van der Waals surface area (Å²) >= 11 is 0. The molecular formula is C27H39N3O3. The van der Waals surface area contributed by atoms with E-state index in [1.54, 1.807) is 0 Å². The first kappa shape index (κ1) is 25.0. The quantitative estimate of drug-likeness (QED) is 0.539. The number of allylic oxidation sites excluding steroid dienone is 3. The molecule has 0 aromatic heterocycles. The zero-order chi connectivity index (χ0) is 24.5. The molecule has 3 rings (SSSR count). The Morgan fingerprint density at radius 2 is 2.00 bits per heavy atom. The third kappa shape index (κ3) is 4.72. The van der Waals surface area contributed by atoms with Crippen LogP contribution in [0, 0.1) is 5.92 Å². The maximum Gasteiger partial charge on any atom is 0.243 e. The molecule has 0 saturated carbocycles. The fourth-order valence-corrected chi connectivity index (χ4v) is 5.28. The van der Waals surface area contributed by atoms with Crippen LogP contribution in [0.5, 0.6) is 0 Å². The molecule has 3 N–H and O–H groups in total. The van der Waals surface area contributed by atoms with Gasteiger partial charge in [-0.15, -0.1) is 6.58 Å². The second-order valence-corrected chi connectivity index (χ2v) is 10.3. The van der Waals surface area contributed by atoms with E-state index in [1.807, 2.05) is 37.9 Å². The summed E-state index contributed by atoms with van der Waals surface area (Å²) in [5.74, 6) is -0.595. The molecule has 33 heavy (non-hydrogen) atoms. The maximum atomic E-state index is 13.2. The van der Waals surface area contributed by atoms with Crippen molar-refractivity contribution in [3.63, 3.8) is 0 Å². The van der Waals surface area contributed by atoms with Crippen LogP contribution in [0.2, 0.25) is 0 Å². The highest BCUT2D eigenvalue weighted by Crippen LogP contribution is 2.49. The molecule has 2 aliphatic rings. The SMILES string of the molecule is C=CC(C)(CCC=C(C)C)c1ccc2c3c1NC(=O)[C@@H]3C[C@@H](CO)NC(=O)[C@H](C(C)C)N2C. The third-order valence-electron chi connectivity index (χ3n) is 7.20. The Bertz CT molecular complexity index is 964. The molecule has 0 saturated heterocycles. The van der Waals surface area contributed by atoms with Crippen molar-refractivity contribution in [1.29, 1.82) is 0 Å². The number of rotatable bonds is 7. The van der Waals surface area contributed by atoms with Crippen LogP contribution in [0.3, 0.4) is 0 Å². The highest BCUT2D eigenvalue weighted by molar-refractivity contribution is 6.06. The predicted octanol–water partition coefficient (Wildman–Crippen LogP) is 4.25. The highest BCUT2D eigenvalue weighted by atomic mass is 16.3. The summed E-state index contributed by atoms with van der Waals surface area (Å²) < 4.78 is 0.